The molecule has 1 aromatic rings. The third kappa shape index (κ3) is 4.02. The van der Waals surface area contributed by atoms with Gasteiger partial charge in [-0.15, -0.1) is 0 Å². The molecule has 0 aromatic heterocycles. The first-order chi connectivity index (χ1) is 8.76. The van der Waals surface area contributed by atoms with E-state index in [2.05, 4.69) is 44.3 Å². The molecule has 1 aromatic carbocycles. The van der Waals surface area contributed by atoms with E-state index in [4.69, 9.17) is 4.74 Å². The molecule has 0 saturated heterocycles. The lowest BCUT2D eigenvalue weighted by molar-refractivity contribution is 0.378. The summed E-state index contributed by atoms with van der Waals surface area (Å²) in [4.78, 5) is 0. The van der Waals surface area contributed by atoms with Crippen molar-refractivity contribution in [1.82, 2.24) is 5.32 Å². The van der Waals surface area contributed by atoms with Gasteiger partial charge in [-0.05, 0) is 36.1 Å². The van der Waals surface area contributed by atoms with Crippen LogP contribution >= 0.6 is 0 Å². The van der Waals surface area contributed by atoms with Crippen LogP contribution in [0.25, 0.3) is 0 Å². The van der Waals surface area contributed by atoms with Gasteiger partial charge in [0.25, 0.3) is 0 Å². The first kappa shape index (κ1) is 15.0. The predicted octanol–water partition coefficient (Wildman–Crippen LogP) is 3.82. The predicted molar refractivity (Wildman–Crippen MR) is 78.4 cm³/mol. The highest BCUT2D eigenvalue weighted by Gasteiger charge is 2.20. The third-order valence-corrected chi connectivity index (χ3v) is 3.75. The number of methoxy groups -OCH3 is 1. The van der Waals surface area contributed by atoms with Gasteiger partial charge in [0.05, 0.1) is 7.11 Å². The molecule has 0 aliphatic carbocycles. The number of nitrogens with one attached hydrogen (secondary N) is 1. The Kier molecular flexibility index (Phi) is 6.81. The Labute approximate surface area is 112 Å². The van der Waals surface area contributed by atoms with Crippen molar-refractivity contribution in [2.45, 2.75) is 39.5 Å². The van der Waals surface area contributed by atoms with Crippen LogP contribution in [-0.4, -0.2) is 20.2 Å². The molecule has 0 bridgehead atoms. The molecule has 0 spiro atoms. The fourth-order valence-electron chi connectivity index (χ4n) is 2.59. The van der Waals surface area contributed by atoms with Crippen LogP contribution in [0.5, 0.6) is 5.75 Å². The molecule has 0 heterocycles. The molecule has 1 atom stereocenters. The van der Waals surface area contributed by atoms with E-state index in [1.54, 1.807) is 7.11 Å². The van der Waals surface area contributed by atoms with Crippen molar-refractivity contribution in [2.24, 2.45) is 5.92 Å². The Balaban J connectivity index is 2.92. The Bertz CT molecular complexity index is 334. The normalized spacial score (nSPS) is 12.7. The van der Waals surface area contributed by atoms with Crippen LogP contribution < -0.4 is 10.1 Å². The SMILES string of the molecule is CCNCC(c1cccc(OC)c1)C(CC)CC. The van der Waals surface area contributed by atoms with Crippen molar-refractivity contribution in [3.05, 3.63) is 29.8 Å². The Morgan fingerprint density at radius 1 is 1.17 bits per heavy atom. The van der Waals surface area contributed by atoms with Gasteiger partial charge >= 0.3 is 0 Å². The Hall–Kier alpha value is -1.02. The highest BCUT2D eigenvalue weighted by molar-refractivity contribution is 5.31. The van der Waals surface area contributed by atoms with E-state index in [1.165, 1.54) is 18.4 Å². The molecule has 0 saturated carbocycles. The number of ether oxygens (including phenoxy) is 1. The molecule has 0 radical (unpaired) electrons. The van der Waals surface area contributed by atoms with E-state index in [-0.39, 0.29) is 0 Å². The summed E-state index contributed by atoms with van der Waals surface area (Å²) in [6, 6.07) is 8.51. The second-order valence-electron chi connectivity index (χ2n) is 4.77. The number of hydrogen-bond acceptors (Lipinski definition) is 2. The molecule has 0 fully saturated rings. The summed E-state index contributed by atoms with van der Waals surface area (Å²) in [6.45, 7) is 8.81. The van der Waals surface area contributed by atoms with Gasteiger partial charge in [-0.1, -0.05) is 45.7 Å². The minimum Gasteiger partial charge on any atom is -0.497 e. The van der Waals surface area contributed by atoms with Crippen LogP contribution in [0.2, 0.25) is 0 Å². The maximum atomic E-state index is 5.34. The van der Waals surface area contributed by atoms with Gasteiger partial charge in [-0.25, -0.2) is 0 Å². The molecule has 0 aliphatic heterocycles. The number of hydrogen-bond donors (Lipinski definition) is 1. The van der Waals surface area contributed by atoms with Gasteiger partial charge in [0, 0.05) is 6.54 Å². The van der Waals surface area contributed by atoms with Crippen LogP contribution in [0.3, 0.4) is 0 Å². The van der Waals surface area contributed by atoms with Crippen molar-refractivity contribution in [2.75, 3.05) is 20.2 Å². The molecular formula is C16H27NO. The smallest absolute Gasteiger partial charge is 0.119 e. The van der Waals surface area contributed by atoms with Gasteiger partial charge in [-0.2, -0.15) is 0 Å². The quantitative estimate of drug-likeness (QED) is 0.756. The van der Waals surface area contributed by atoms with E-state index in [1.807, 2.05) is 6.07 Å². The average molecular weight is 249 g/mol. The van der Waals surface area contributed by atoms with Gasteiger partial charge < -0.3 is 10.1 Å². The minimum absolute atomic E-state index is 0.579. The van der Waals surface area contributed by atoms with Crippen LogP contribution in [0.1, 0.15) is 45.1 Å². The van der Waals surface area contributed by atoms with Gasteiger partial charge in [0.15, 0.2) is 0 Å². The van der Waals surface area contributed by atoms with Gasteiger partial charge in [-0.3, -0.25) is 0 Å². The van der Waals surface area contributed by atoms with Crippen molar-refractivity contribution < 1.29 is 4.74 Å². The average Bonchev–Trinajstić information content (AvgIpc) is 2.43. The van der Waals surface area contributed by atoms with Crippen LogP contribution in [0, 0.1) is 5.92 Å². The zero-order valence-corrected chi connectivity index (χ0v) is 12.2. The van der Waals surface area contributed by atoms with Crippen LogP contribution in [0.15, 0.2) is 24.3 Å². The van der Waals surface area contributed by atoms with Crippen molar-refractivity contribution in [3.8, 4) is 5.75 Å². The van der Waals surface area contributed by atoms with Gasteiger partial charge in [0.2, 0.25) is 0 Å². The second kappa shape index (κ2) is 8.15. The number of likely N-dealkylation sites (N-methyl/N-ethyl adjacent to an activating group) is 1. The summed E-state index contributed by atoms with van der Waals surface area (Å²) >= 11 is 0. The molecule has 2 nitrogen and oxygen atoms in total. The zero-order chi connectivity index (χ0) is 13.4. The van der Waals surface area contributed by atoms with Gasteiger partial charge in [0.1, 0.15) is 5.75 Å². The third-order valence-electron chi connectivity index (χ3n) is 3.75. The molecule has 1 N–H and O–H groups in total. The monoisotopic (exact) mass is 249 g/mol. The van der Waals surface area contributed by atoms with E-state index in [0.29, 0.717) is 5.92 Å². The maximum absolute atomic E-state index is 5.34. The molecule has 0 amide bonds. The summed E-state index contributed by atoms with van der Waals surface area (Å²) in [6.07, 6.45) is 2.45. The Morgan fingerprint density at radius 2 is 1.89 bits per heavy atom. The maximum Gasteiger partial charge on any atom is 0.119 e. The molecule has 1 unspecified atom stereocenters. The highest BCUT2D eigenvalue weighted by atomic mass is 16.5. The summed E-state index contributed by atoms with van der Waals surface area (Å²) in [5.41, 5.74) is 1.39. The zero-order valence-electron chi connectivity index (χ0n) is 12.2. The minimum atomic E-state index is 0.579. The molecule has 0 aliphatic rings. The van der Waals surface area contributed by atoms with Crippen molar-refractivity contribution in [3.63, 3.8) is 0 Å². The second-order valence-corrected chi connectivity index (χ2v) is 4.77. The lowest BCUT2D eigenvalue weighted by Crippen LogP contribution is -2.26. The lowest BCUT2D eigenvalue weighted by Gasteiger charge is -2.26. The number of benzene rings is 1. The van der Waals surface area contributed by atoms with E-state index in [9.17, 15) is 0 Å². The summed E-state index contributed by atoms with van der Waals surface area (Å²) in [5, 5.41) is 3.49. The van der Waals surface area contributed by atoms with Crippen LogP contribution in [0.4, 0.5) is 0 Å². The molecule has 1 rings (SSSR count). The standard InChI is InChI=1S/C16H27NO/c1-5-13(6-2)16(12-17-7-3)14-9-8-10-15(11-14)18-4/h8-11,13,16-17H,5-7,12H2,1-4H3. The topological polar surface area (TPSA) is 21.3 Å². The summed E-state index contributed by atoms with van der Waals surface area (Å²) in [5.74, 6) is 2.27. The summed E-state index contributed by atoms with van der Waals surface area (Å²) < 4.78 is 5.34. The fourth-order valence-corrected chi connectivity index (χ4v) is 2.59. The first-order valence-corrected chi connectivity index (χ1v) is 7.11. The van der Waals surface area contributed by atoms with E-state index in [0.717, 1.165) is 24.8 Å². The highest BCUT2D eigenvalue weighted by Crippen LogP contribution is 2.31. The largest absolute Gasteiger partial charge is 0.497 e. The molecule has 18 heavy (non-hydrogen) atoms. The van der Waals surface area contributed by atoms with E-state index >= 15 is 0 Å². The molecular weight excluding hydrogens is 222 g/mol. The van der Waals surface area contributed by atoms with Crippen molar-refractivity contribution in [1.29, 1.82) is 0 Å². The van der Waals surface area contributed by atoms with Crippen molar-refractivity contribution >= 4 is 0 Å². The van der Waals surface area contributed by atoms with Crippen LogP contribution in [-0.2, 0) is 0 Å². The Morgan fingerprint density at radius 3 is 2.44 bits per heavy atom. The fraction of sp³-hybridized carbons (Fsp3) is 0.625. The summed E-state index contributed by atoms with van der Waals surface area (Å²) in [7, 11) is 1.73. The number of rotatable bonds is 8. The lowest BCUT2D eigenvalue weighted by atomic mass is 9.82. The first-order valence-electron chi connectivity index (χ1n) is 7.11. The molecule has 2 heteroatoms. The molecule has 102 valence electrons. The van der Waals surface area contributed by atoms with E-state index < -0.39 is 0 Å².